The van der Waals surface area contributed by atoms with Crippen molar-refractivity contribution in [3.8, 4) is 0 Å². The van der Waals surface area contributed by atoms with E-state index in [9.17, 15) is 4.79 Å². The lowest BCUT2D eigenvalue weighted by molar-refractivity contribution is -0.00504. The highest BCUT2D eigenvalue weighted by atomic mass is 32.1. The van der Waals surface area contributed by atoms with Crippen molar-refractivity contribution in [3.63, 3.8) is 0 Å². The number of ether oxygens (including phenoxy) is 1. The Bertz CT molecular complexity index is 541. The van der Waals surface area contributed by atoms with Crippen molar-refractivity contribution in [3.05, 3.63) is 10.4 Å². The molecule has 0 amide bonds. The zero-order valence-electron chi connectivity index (χ0n) is 13.0. The van der Waals surface area contributed by atoms with Crippen molar-refractivity contribution >= 4 is 27.8 Å². The second kappa shape index (κ2) is 5.61. The Morgan fingerprint density at radius 2 is 1.95 bits per heavy atom. The fraction of sp³-hybridized carbons (Fsp3) is 0.688. The van der Waals surface area contributed by atoms with Crippen LogP contribution in [0.1, 0.15) is 61.2 Å². The molecule has 1 aliphatic heterocycles. The number of nitrogens with two attached hydrogens (primary N) is 1. The summed E-state index contributed by atoms with van der Waals surface area (Å²) in [6, 6.07) is 0. The topological polar surface area (TPSA) is 55.6 Å². The highest BCUT2D eigenvalue weighted by Crippen LogP contribution is 2.52. The molecule has 2 unspecified atom stereocenters. The first-order valence-electron chi connectivity index (χ1n) is 7.87. The third kappa shape index (κ3) is 2.81. The number of nitrogen functional groups attached to an aromatic ring is 1. The minimum Gasteiger partial charge on any atom is -0.397 e. The van der Waals surface area contributed by atoms with Crippen LogP contribution in [0.3, 0.4) is 0 Å². The summed E-state index contributed by atoms with van der Waals surface area (Å²) >= 11 is 1.59. The van der Waals surface area contributed by atoms with Crippen molar-refractivity contribution in [2.75, 3.05) is 23.7 Å². The van der Waals surface area contributed by atoms with Crippen LogP contribution in [-0.2, 0) is 4.74 Å². The normalized spacial score (nSPS) is 26.1. The number of nitrogens with zero attached hydrogens (tertiary/aromatic N) is 1. The second-order valence-electron chi connectivity index (χ2n) is 6.28. The van der Waals surface area contributed by atoms with Crippen LogP contribution in [0.15, 0.2) is 0 Å². The van der Waals surface area contributed by atoms with Gasteiger partial charge in [-0.3, -0.25) is 4.79 Å². The molecule has 4 nitrogen and oxygen atoms in total. The molecule has 21 heavy (non-hydrogen) atoms. The summed E-state index contributed by atoms with van der Waals surface area (Å²) in [6.07, 6.45) is 3.35. The van der Waals surface area contributed by atoms with Crippen LogP contribution in [-0.4, -0.2) is 31.1 Å². The van der Waals surface area contributed by atoms with E-state index in [0.29, 0.717) is 12.3 Å². The molecule has 0 bridgehead atoms. The van der Waals surface area contributed by atoms with Gasteiger partial charge in [0.25, 0.3) is 0 Å². The molecule has 1 aliphatic carbocycles. The second-order valence-corrected chi connectivity index (χ2v) is 7.28. The zero-order valence-corrected chi connectivity index (χ0v) is 13.8. The lowest BCUT2D eigenvalue weighted by Crippen LogP contribution is -2.45. The van der Waals surface area contributed by atoms with E-state index in [2.05, 4.69) is 18.7 Å². The molecule has 116 valence electrons. The predicted octanol–water partition coefficient (Wildman–Crippen LogP) is 3.41. The van der Waals surface area contributed by atoms with E-state index >= 15 is 0 Å². The van der Waals surface area contributed by atoms with Crippen molar-refractivity contribution in [2.24, 2.45) is 0 Å². The largest absolute Gasteiger partial charge is 0.397 e. The van der Waals surface area contributed by atoms with Gasteiger partial charge in [-0.05, 0) is 32.6 Å². The average Bonchev–Trinajstić information content (AvgIpc) is 3.20. The van der Waals surface area contributed by atoms with Crippen molar-refractivity contribution in [1.82, 2.24) is 0 Å². The van der Waals surface area contributed by atoms with Crippen LogP contribution < -0.4 is 10.6 Å². The molecule has 5 heteroatoms. The maximum atomic E-state index is 12.1. The van der Waals surface area contributed by atoms with E-state index in [1.807, 2.05) is 6.92 Å². The van der Waals surface area contributed by atoms with Gasteiger partial charge in [-0.2, -0.15) is 0 Å². The van der Waals surface area contributed by atoms with Gasteiger partial charge in [0.05, 0.1) is 27.8 Å². The lowest BCUT2D eigenvalue weighted by Gasteiger charge is -2.36. The van der Waals surface area contributed by atoms with Crippen LogP contribution in [0.2, 0.25) is 0 Å². The van der Waals surface area contributed by atoms with Crippen LogP contribution in [0.25, 0.3) is 0 Å². The minimum atomic E-state index is 0.167. The monoisotopic (exact) mass is 308 g/mol. The van der Waals surface area contributed by atoms with Crippen LogP contribution in [0.4, 0.5) is 10.7 Å². The number of carbonyl (C=O) groups is 1. The van der Waals surface area contributed by atoms with Gasteiger partial charge in [0.1, 0.15) is 0 Å². The lowest BCUT2D eigenvalue weighted by atomic mass is 10.1. The average molecular weight is 308 g/mol. The third-order valence-corrected chi connectivity index (χ3v) is 5.55. The van der Waals surface area contributed by atoms with Crippen LogP contribution in [0, 0.1) is 0 Å². The number of Topliss-reactive ketones (excluding diaryl/α,β-unsaturated/α-hetero) is 1. The number of anilines is 2. The molecule has 0 radical (unpaired) electrons. The molecular formula is C16H24N2O2S. The van der Waals surface area contributed by atoms with Crippen LogP contribution >= 0.6 is 11.3 Å². The van der Waals surface area contributed by atoms with E-state index in [-0.39, 0.29) is 18.0 Å². The summed E-state index contributed by atoms with van der Waals surface area (Å²) in [6.45, 7) is 7.87. The number of carbonyl (C=O) groups excluding carboxylic acids is 1. The molecule has 2 heterocycles. The standard InChI is InChI=1S/C16H24N2O2S/c1-4-12(19)15-14(17)13(11-5-6-11)16(21-15)18-7-9(2)20-10(3)8-18/h9-11H,4-8,17H2,1-3H3. The first kappa shape index (κ1) is 14.9. The number of hydrogen-bond acceptors (Lipinski definition) is 5. The summed E-state index contributed by atoms with van der Waals surface area (Å²) < 4.78 is 5.82. The number of hydrogen-bond donors (Lipinski definition) is 1. The molecule has 2 aliphatic rings. The van der Waals surface area contributed by atoms with E-state index in [1.54, 1.807) is 11.3 Å². The van der Waals surface area contributed by atoms with Gasteiger partial charge in [-0.1, -0.05) is 6.92 Å². The first-order chi connectivity index (χ1) is 10.0. The fourth-order valence-corrected chi connectivity index (χ4v) is 4.49. The molecule has 2 fully saturated rings. The summed E-state index contributed by atoms with van der Waals surface area (Å²) in [5.74, 6) is 0.725. The fourth-order valence-electron chi connectivity index (χ4n) is 3.16. The highest BCUT2D eigenvalue weighted by Gasteiger charge is 2.36. The van der Waals surface area contributed by atoms with Gasteiger partial charge in [0.2, 0.25) is 0 Å². The maximum absolute atomic E-state index is 12.1. The smallest absolute Gasteiger partial charge is 0.174 e. The molecule has 1 saturated heterocycles. The summed E-state index contributed by atoms with van der Waals surface area (Å²) in [5.41, 5.74) is 8.31. The molecule has 0 spiro atoms. The minimum absolute atomic E-state index is 0.167. The molecular weight excluding hydrogens is 284 g/mol. The molecule has 3 rings (SSSR count). The molecule has 1 saturated carbocycles. The van der Waals surface area contributed by atoms with Gasteiger partial charge in [-0.15, -0.1) is 11.3 Å². The molecule has 2 N–H and O–H groups in total. The predicted molar refractivity (Wildman–Crippen MR) is 87.5 cm³/mol. The first-order valence-corrected chi connectivity index (χ1v) is 8.68. The molecule has 0 aromatic carbocycles. The van der Waals surface area contributed by atoms with Gasteiger partial charge in [-0.25, -0.2) is 0 Å². The Kier molecular flexibility index (Phi) is 3.97. The Morgan fingerprint density at radius 3 is 2.48 bits per heavy atom. The summed E-state index contributed by atoms with van der Waals surface area (Å²) in [4.78, 5) is 15.3. The van der Waals surface area contributed by atoms with E-state index in [0.717, 1.165) is 23.7 Å². The number of rotatable bonds is 4. The highest BCUT2D eigenvalue weighted by molar-refractivity contribution is 7.19. The molecule has 1 aromatic heterocycles. The third-order valence-electron chi connectivity index (χ3n) is 4.23. The number of thiophene rings is 1. The zero-order chi connectivity index (χ0) is 15.1. The van der Waals surface area contributed by atoms with Gasteiger partial charge in [0, 0.05) is 25.1 Å². The van der Waals surface area contributed by atoms with E-state index in [4.69, 9.17) is 10.5 Å². The SMILES string of the molecule is CCC(=O)c1sc(N2CC(C)OC(C)C2)c(C2CC2)c1N. The number of morpholine rings is 1. The quantitative estimate of drug-likeness (QED) is 0.866. The molecule has 2 atom stereocenters. The van der Waals surface area contributed by atoms with Gasteiger partial charge in [0.15, 0.2) is 5.78 Å². The summed E-state index contributed by atoms with van der Waals surface area (Å²) in [7, 11) is 0. The maximum Gasteiger partial charge on any atom is 0.174 e. The van der Waals surface area contributed by atoms with Gasteiger partial charge >= 0.3 is 0 Å². The Labute approximate surface area is 130 Å². The summed E-state index contributed by atoms with van der Waals surface area (Å²) in [5, 5.41) is 1.22. The Balaban J connectivity index is 1.98. The molecule has 1 aromatic rings. The Morgan fingerprint density at radius 1 is 1.33 bits per heavy atom. The number of ketones is 1. The van der Waals surface area contributed by atoms with Crippen molar-refractivity contribution in [2.45, 2.75) is 58.2 Å². The van der Waals surface area contributed by atoms with Gasteiger partial charge < -0.3 is 15.4 Å². The van der Waals surface area contributed by atoms with Crippen molar-refractivity contribution < 1.29 is 9.53 Å². The van der Waals surface area contributed by atoms with Crippen molar-refractivity contribution in [1.29, 1.82) is 0 Å². The van der Waals surface area contributed by atoms with Crippen LogP contribution in [0.5, 0.6) is 0 Å². The van der Waals surface area contributed by atoms with E-state index in [1.165, 1.54) is 23.4 Å². The van der Waals surface area contributed by atoms with E-state index < -0.39 is 0 Å². The Hall–Kier alpha value is -1.07.